The van der Waals surface area contributed by atoms with Crippen molar-refractivity contribution in [2.24, 2.45) is 11.3 Å². The molecule has 0 aliphatic carbocycles. The highest BCUT2D eigenvalue weighted by Crippen LogP contribution is 2.39. The predicted molar refractivity (Wildman–Crippen MR) is 75.6 cm³/mol. The van der Waals surface area contributed by atoms with Gasteiger partial charge >= 0.3 is 0 Å². The molecule has 2 aliphatic heterocycles. The van der Waals surface area contributed by atoms with Gasteiger partial charge in [0.05, 0.1) is 6.10 Å². The molecule has 2 saturated heterocycles. The van der Waals surface area contributed by atoms with Gasteiger partial charge in [0.25, 0.3) is 0 Å². The van der Waals surface area contributed by atoms with E-state index in [0.717, 1.165) is 39.0 Å². The number of rotatable bonds is 2. The summed E-state index contributed by atoms with van der Waals surface area (Å²) in [7, 11) is 0. The lowest BCUT2D eigenvalue weighted by Crippen LogP contribution is -2.65. The number of ether oxygens (including phenoxy) is 1. The Morgan fingerprint density at radius 2 is 1.89 bits per heavy atom. The van der Waals surface area contributed by atoms with Crippen molar-refractivity contribution in [3.8, 4) is 0 Å². The predicted octanol–water partition coefficient (Wildman–Crippen LogP) is 2.47. The van der Waals surface area contributed by atoms with E-state index >= 15 is 0 Å². The topological polar surface area (TPSA) is 24.5 Å². The Hall–Kier alpha value is -0.120. The van der Waals surface area contributed by atoms with Crippen LogP contribution in [0.15, 0.2) is 0 Å². The van der Waals surface area contributed by atoms with Crippen LogP contribution in [-0.4, -0.2) is 42.9 Å². The molecule has 0 aromatic rings. The number of hydrogen-bond donors (Lipinski definition) is 1. The first-order valence-corrected chi connectivity index (χ1v) is 7.54. The van der Waals surface area contributed by atoms with Crippen molar-refractivity contribution in [2.75, 3.05) is 26.2 Å². The Morgan fingerprint density at radius 3 is 2.39 bits per heavy atom. The molecule has 1 atom stereocenters. The summed E-state index contributed by atoms with van der Waals surface area (Å²) in [6.07, 6.45) is 2.62. The molecule has 1 spiro atoms. The molecule has 106 valence electrons. The number of nitrogens with one attached hydrogen (secondary N) is 1. The second kappa shape index (κ2) is 5.10. The molecule has 0 aromatic carbocycles. The molecule has 3 heteroatoms. The first-order chi connectivity index (χ1) is 8.38. The van der Waals surface area contributed by atoms with E-state index in [9.17, 15) is 0 Å². The van der Waals surface area contributed by atoms with Gasteiger partial charge in [-0.25, -0.2) is 0 Å². The van der Waals surface area contributed by atoms with Crippen LogP contribution in [0, 0.1) is 11.3 Å². The number of nitrogens with zero attached hydrogens (tertiary/aromatic N) is 1. The summed E-state index contributed by atoms with van der Waals surface area (Å²) < 4.78 is 6.55. The lowest BCUT2D eigenvalue weighted by molar-refractivity contribution is -0.219. The molecule has 2 aliphatic rings. The second-order valence-corrected chi connectivity index (χ2v) is 7.05. The molecule has 3 nitrogen and oxygen atoms in total. The van der Waals surface area contributed by atoms with E-state index < -0.39 is 0 Å². The summed E-state index contributed by atoms with van der Waals surface area (Å²) in [6, 6.07) is 0. The van der Waals surface area contributed by atoms with Crippen molar-refractivity contribution in [1.82, 2.24) is 10.2 Å². The largest absolute Gasteiger partial charge is 0.356 e. The van der Waals surface area contributed by atoms with Crippen molar-refractivity contribution in [2.45, 2.75) is 59.3 Å². The fourth-order valence-corrected chi connectivity index (χ4v) is 3.50. The highest BCUT2D eigenvalue weighted by molar-refractivity contribution is 4.96. The minimum atomic E-state index is -0.0455. The summed E-state index contributed by atoms with van der Waals surface area (Å²) in [5, 5.41) is 3.71. The Bertz CT molecular complexity index is 280. The standard InChI is InChI=1S/C15H30N2O/c1-6-17-9-7-15(8-10-17)16-11-14(4,5)13(18-15)12(2)3/h12-13,16H,6-11H2,1-5H3. The van der Waals surface area contributed by atoms with Gasteiger partial charge in [0.2, 0.25) is 0 Å². The summed E-state index contributed by atoms with van der Waals surface area (Å²) in [6.45, 7) is 16.0. The fourth-order valence-electron chi connectivity index (χ4n) is 3.50. The molecule has 2 fully saturated rings. The Kier molecular flexibility index (Phi) is 4.05. The van der Waals surface area contributed by atoms with Crippen LogP contribution in [0.2, 0.25) is 0 Å². The highest BCUT2D eigenvalue weighted by Gasteiger charge is 2.47. The number of likely N-dealkylation sites (tertiary alicyclic amines) is 1. The minimum Gasteiger partial charge on any atom is -0.356 e. The van der Waals surface area contributed by atoms with Crippen LogP contribution in [0.4, 0.5) is 0 Å². The van der Waals surface area contributed by atoms with Crippen molar-refractivity contribution in [3.05, 3.63) is 0 Å². The smallest absolute Gasteiger partial charge is 0.122 e. The van der Waals surface area contributed by atoms with Crippen LogP contribution in [0.5, 0.6) is 0 Å². The lowest BCUT2D eigenvalue weighted by atomic mass is 9.77. The summed E-state index contributed by atoms with van der Waals surface area (Å²) >= 11 is 0. The van der Waals surface area contributed by atoms with Crippen LogP contribution in [-0.2, 0) is 4.74 Å². The molecule has 1 N–H and O–H groups in total. The fraction of sp³-hybridized carbons (Fsp3) is 1.00. The number of hydrogen-bond acceptors (Lipinski definition) is 3. The van der Waals surface area contributed by atoms with Crippen molar-refractivity contribution >= 4 is 0 Å². The maximum Gasteiger partial charge on any atom is 0.122 e. The van der Waals surface area contributed by atoms with Gasteiger partial charge in [0, 0.05) is 37.9 Å². The average molecular weight is 254 g/mol. The average Bonchev–Trinajstić information content (AvgIpc) is 2.33. The second-order valence-electron chi connectivity index (χ2n) is 7.05. The zero-order valence-corrected chi connectivity index (χ0v) is 12.8. The van der Waals surface area contributed by atoms with E-state index in [0.29, 0.717) is 12.0 Å². The first kappa shape index (κ1) is 14.3. The van der Waals surface area contributed by atoms with Gasteiger partial charge in [-0.1, -0.05) is 34.6 Å². The molecular weight excluding hydrogens is 224 g/mol. The number of piperidine rings is 1. The molecule has 0 radical (unpaired) electrons. The van der Waals surface area contributed by atoms with E-state index in [-0.39, 0.29) is 11.1 Å². The van der Waals surface area contributed by atoms with Gasteiger partial charge in [0.15, 0.2) is 0 Å². The minimum absolute atomic E-state index is 0.0455. The summed E-state index contributed by atoms with van der Waals surface area (Å²) in [4.78, 5) is 2.51. The molecule has 2 heterocycles. The van der Waals surface area contributed by atoms with E-state index in [1.807, 2.05) is 0 Å². The van der Waals surface area contributed by atoms with E-state index in [1.54, 1.807) is 0 Å². The van der Waals surface area contributed by atoms with E-state index in [4.69, 9.17) is 4.74 Å². The van der Waals surface area contributed by atoms with Gasteiger partial charge in [0.1, 0.15) is 5.72 Å². The van der Waals surface area contributed by atoms with Gasteiger partial charge in [-0.2, -0.15) is 0 Å². The zero-order valence-electron chi connectivity index (χ0n) is 12.8. The van der Waals surface area contributed by atoms with E-state index in [2.05, 4.69) is 44.8 Å². The maximum atomic E-state index is 6.55. The van der Waals surface area contributed by atoms with Crippen molar-refractivity contribution < 1.29 is 4.74 Å². The summed E-state index contributed by atoms with van der Waals surface area (Å²) in [5.41, 5.74) is 0.192. The van der Waals surface area contributed by atoms with Gasteiger partial charge < -0.3 is 9.64 Å². The van der Waals surface area contributed by atoms with Crippen LogP contribution < -0.4 is 5.32 Å². The Balaban J connectivity index is 2.04. The Labute approximate surface area is 112 Å². The SMILES string of the molecule is CCN1CCC2(CC1)NCC(C)(C)C(C(C)C)O2. The molecule has 18 heavy (non-hydrogen) atoms. The normalized spacial score (nSPS) is 32.0. The summed E-state index contributed by atoms with van der Waals surface area (Å²) in [5.74, 6) is 0.586. The third-order valence-corrected chi connectivity index (χ3v) is 4.71. The van der Waals surface area contributed by atoms with Gasteiger partial charge in [-0.05, 0) is 12.5 Å². The molecular formula is C15H30N2O. The lowest BCUT2D eigenvalue weighted by Gasteiger charge is -2.53. The van der Waals surface area contributed by atoms with Crippen LogP contribution >= 0.6 is 0 Å². The Morgan fingerprint density at radius 1 is 1.28 bits per heavy atom. The maximum absolute atomic E-state index is 6.55. The molecule has 0 aromatic heterocycles. The quantitative estimate of drug-likeness (QED) is 0.819. The molecule has 0 amide bonds. The monoisotopic (exact) mass is 254 g/mol. The molecule has 0 bridgehead atoms. The van der Waals surface area contributed by atoms with Crippen molar-refractivity contribution in [1.29, 1.82) is 0 Å². The molecule has 0 saturated carbocycles. The first-order valence-electron chi connectivity index (χ1n) is 7.54. The van der Waals surface area contributed by atoms with Crippen LogP contribution in [0.3, 0.4) is 0 Å². The van der Waals surface area contributed by atoms with Crippen LogP contribution in [0.25, 0.3) is 0 Å². The van der Waals surface area contributed by atoms with Gasteiger partial charge in [-0.15, -0.1) is 0 Å². The zero-order chi connectivity index (χ0) is 13.4. The third kappa shape index (κ3) is 2.73. The van der Waals surface area contributed by atoms with E-state index in [1.165, 1.54) is 0 Å². The molecule has 2 rings (SSSR count). The molecule has 1 unspecified atom stereocenters. The van der Waals surface area contributed by atoms with Crippen molar-refractivity contribution in [3.63, 3.8) is 0 Å². The van der Waals surface area contributed by atoms with Crippen LogP contribution in [0.1, 0.15) is 47.5 Å². The van der Waals surface area contributed by atoms with Gasteiger partial charge in [-0.3, -0.25) is 5.32 Å². The third-order valence-electron chi connectivity index (χ3n) is 4.71. The highest BCUT2D eigenvalue weighted by atomic mass is 16.5.